The molecule has 0 unspecified atom stereocenters. The Bertz CT molecular complexity index is 617. The maximum atomic E-state index is 11.0. The molecule has 0 aliphatic carbocycles. The smallest absolute Gasteiger partial charge is 0.301 e. The summed E-state index contributed by atoms with van der Waals surface area (Å²) in [5.74, 6) is 0. The predicted octanol–water partition coefficient (Wildman–Crippen LogP) is 3.32. The maximum absolute atomic E-state index is 11.0. The molecule has 0 radical (unpaired) electrons. The third kappa shape index (κ3) is 3.14. The topological polar surface area (TPSA) is 72.2 Å². The Hall–Kier alpha value is -1.38. The van der Waals surface area contributed by atoms with Gasteiger partial charge in [0.2, 0.25) is 5.13 Å². The highest BCUT2D eigenvalue weighted by molar-refractivity contribution is 8.01. The second-order valence-electron chi connectivity index (χ2n) is 3.69. The van der Waals surface area contributed by atoms with Gasteiger partial charge in [0.05, 0.1) is 9.82 Å². The molecule has 0 amide bonds. The average molecular weight is 317 g/mol. The maximum Gasteiger partial charge on any atom is 0.301 e. The minimum atomic E-state index is -0.488. The van der Waals surface area contributed by atoms with E-state index in [1.807, 2.05) is 19.0 Å². The number of benzene rings is 1. The van der Waals surface area contributed by atoms with Crippen LogP contribution < -0.4 is 4.90 Å². The molecule has 2 rings (SSSR count). The lowest BCUT2D eigenvalue weighted by Gasteiger charge is -2.04. The third-order valence-corrected chi connectivity index (χ3v) is 4.60. The van der Waals surface area contributed by atoms with E-state index in [2.05, 4.69) is 10.2 Å². The van der Waals surface area contributed by atoms with E-state index in [0.717, 1.165) is 5.13 Å². The number of rotatable bonds is 4. The molecule has 0 aliphatic heterocycles. The first-order valence-corrected chi connectivity index (χ1v) is 7.11. The fraction of sp³-hybridized carbons (Fsp3) is 0.200. The van der Waals surface area contributed by atoms with Crippen LogP contribution in [0.2, 0.25) is 5.02 Å². The molecular formula is C10H9ClN4O2S2. The number of halogens is 1. The zero-order valence-electron chi connectivity index (χ0n) is 10.0. The molecule has 1 aromatic heterocycles. The van der Waals surface area contributed by atoms with Crippen LogP contribution in [0, 0.1) is 10.1 Å². The van der Waals surface area contributed by atoms with Crippen LogP contribution in [0.4, 0.5) is 10.8 Å². The summed E-state index contributed by atoms with van der Waals surface area (Å²) in [6.07, 6.45) is 0. The first-order chi connectivity index (χ1) is 8.99. The van der Waals surface area contributed by atoms with Crippen molar-refractivity contribution < 1.29 is 4.92 Å². The molecule has 0 saturated carbocycles. The van der Waals surface area contributed by atoms with Gasteiger partial charge in [-0.25, -0.2) is 0 Å². The van der Waals surface area contributed by atoms with Gasteiger partial charge in [-0.05, 0) is 23.9 Å². The zero-order valence-corrected chi connectivity index (χ0v) is 12.4. The number of aromatic nitrogens is 2. The van der Waals surface area contributed by atoms with Gasteiger partial charge in [-0.15, -0.1) is 10.2 Å². The molecule has 0 fully saturated rings. The number of para-hydroxylation sites is 1. The highest BCUT2D eigenvalue weighted by Crippen LogP contribution is 2.40. The molecule has 2 aromatic rings. The molecule has 0 atom stereocenters. The van der Waals surface area contributed by atoms with Crippen LogP contribution in [0.25, 0.3) is 0 Å². The Morgan fingerprint density at radius 1 is 1.42 bits per heavy atom. The van der Waals surface area contributed by atoms with E-state index in [-0.39, 0.29) is 10.7 Å². The van der Waals surface area contributed by atoms with Crippen molar-refractivity contribution in [1.29, 1.82) is 0 Å². The second kappa shape index (κ2) is 5.72. The highest BCUT2D eigenvalue weighted by atomic mass is 35.5. The van der Waals surface area contributed by atoms with Gasteiger partial charge in [0.25, 0.3) is 0 Å². The minimum absolute atomic E-state index is 0.101. The SMILES string of the molecule is CN(C)c1nnc(Sc2cccc(Cl)c2[N+](=O)[O-])s1. The van der Waals surface area contributed by atoms with Crippen LogP contribution in [0.5, 0.6) is 0 Å². The molecule has 0 saturated heterocycles. The van der Waals surface area contributed by atoms with Crippen molar-refractivity contribution in [3.8, 4) is 0 Å². The Labute approximate surface area is 122 Å². The van der Waals surface area contributed by atoms with Crippen LogP contribution in [-0.2, 0) is 0 Å². The lowest BCUT2D eigenvalue weighted by molar-refractivity contribution is -0.387. The molecule has 0 spiro atoms. The van der Waals surface area contributed by atoms with Gasteiger partial charge >= 0.3 is 5.69 Å². The fourth-order valence-electron chi connectivity index (χ4n) is 1.27. The van der Waals surface area contributed by atoms with Crippen molar-refractivity contribution in [2.75, 3.05) is 19.0 Å². The van der Waals surface area contributed by atoms with Gasteiger partial charge < -0.3 is 4.90 Å². The molecule has 0 aliphatic rings. The van der Waals surface area contributed by atoms with Crippen molar-refractivity contribution in [3.05, 3.63) is 33.3 Å². The summed E-state index contributed by atoms with van der Waals surface area (Å²) in [6.45, 7) is 0. The van der Waals surface area contributed by atoms with Crippen LogP contribution in [0.1, 0.15) is 0 Å². The Morgan fingerprint density at radius 3 is 2.74 bits per heavy atom. The monoisotopic (exact) mass is 316 g/mol. The normalized spacial score (nSPS) is 10.5. The minimum Gasteiger partial charge on any atom is -0.353 e. The molecule has 6 nitrogen and oxygen atoms in total. The van der Waals surface area contributed by atoms with Gasteiger partial charge in [0.15, 0.2) is 4.34 Å². The quantitative estimate of drug-likeness (QED) is 0.636. The number of nitro benzene ring substituents is 1. The van der Waals surface area contributed by atoms with Crippen molar-refractivity contribution in [1.82, 2.24) is 10.2 Å². The van der Waals surface area contributed by atoms with Crippen LogP contribution in [0.15, 0.2) is 27.4 Å². The Morgan fingerprint density at radius 2 is 2.16 bits per heavy atom. The highest BCUT2D eigenvalue weighted by Gasteiger charge is 2.20. The summed E-state index contributed by atoms with van der Waals surface area (Å²) in [5, 5.41) is 19.8. The van der Waals surface area contributed by atoms with E-state index >= 15 is 0 Å². The fourth-order valence-corrected chi connectivity index (χ4v) is 3.43. The van der Waals surface area contributed by atoms with Crippen molar-refractivity contribution in [2.24, 2.45) is 0 Å². The third-order valence-electron chi connectivity index (χ3n) is 2.11. The number of nitrogens with zero attached hydrogens (tertiary/aromatic N) is 4. The van der Waals surface area contributed by atoms with Crippen LogP contribution >= 0.6 is 34.7 Å². The van der Waals surface area contributed by atoms with Gasteiger partial charge in [-0.3, -0.25) is 10.1 Å². The van der Waals surface area contributed by atoms with Crippen LogP contribution in [-0.4, -0.2) is 29.2 Å². The zero-order chi connectivity index (χ0) is 14.0. The summed E-state index contributed by atoms with van der Waals surface area (Å²) in [6, 6.07) is 4.81. The van der Waals surface area contributed by atoms with E-state index in [0.29, 0.717) is 9.24 Å². The first kappa shape index (κ1) is 14.0. The molecule has 100 valence electrons. The summed E-state index contributed by atoms with van der Waals surface area (Å²) < 4.78 is 0.633. The lowest BCUT2D eigenvalue weighted by atomic mass is 10.3. The average Bonchev–Trinajstić information content (AvgIpc) is 2.77. The van der Waals surface area contributed by atoms with Gasteiger partial charge in [-0.1, -0.05) is 29.0 Å². The van der Waals surface area contributed by atoms with Crippen LogP contribution in [0.3, 0.4) is 0 Å². The number of nitro groups is 1. The summed E-state index contributed by atoms with van der Waals surface area (Å²) >= 11 is 8.40. The standard InChI is InChI=1S/C10H9ClN4O2S2/c1-14(2)9-12-13-10(19-9)18-7-5-3-4-6(11)8(7)15(16)17/h3-5H,1-2H3. The first-order valence-electron chi connectivity index (χ1n) is 5.10. The summed E-state index contributed by atoms with van der Waals surface area (Å²) in [5.41, 5.74) is -0.101. The Kier molecular flexibility index (Phi) is 4.23. The molecule has 19 heavy (non-hydrogen) atoms. The van der Waals surface area contributed by atoms with E-state index in [4.69, 9.17) is 11.6 Å². The molecule has 9 heteroatoms. The van der Waals surface area contributed by atoms with E-state index in [1.54, 1.807) is 12.1 Å². The number of hydrogen-bond acceptors (Lipinski definition) is 7. The van der Waals surface area contributed by atoms with E-state index < -0.39 is 4.92 Å². The second-order valence-corrected chi connectivity index (χ2v) is 6.34. The molecular weight excluding hydrogens is 308 g/mol. The largest absolute Gasteiger partial charge is 0.353 e. The number of hydrogen-bond donors (Lipinski definition) is 0. The van der Waals surface area contributed by atoms with E-state index in [1.165, 1.54) is 29.2 Å². The van der Waals surface area contributed by atoms with Crippen molar-refractivity contribution in [2.45, 2.75) is 9.24 Å². The van der Waals surface area contributed by atoms with Gasteiger partial charge in [0, 0.05) is 14.1 Å². The molecule has 1 heterocycles. The number of anilines is 1. The van der Waals surface area contributed by atoms with E-state index in [9.17, 15) is 10.1 Å². The van der Waals surface area contributed by atoms with Gasteiger partial charge in [0.1, 0.15) is 5.02 Å². The van der Waals surface area contributed by atoms with Gasteiger partial charge in [-0.2, -0.15) is 0 Å². The molecule has 0 N–H and O–H groups in total. The summed E-state index contributed by atoms with van der Waals surface area (Å²) in [7, 11) is 3.72. The van der Waals surface area contributed by atoms with Crippen molar-refractivity contribution >= 4 is 45.5 Å². The molecule has 0 bridgehead atoms. The Balaban J connectivity index is 2.32. The van der Waals surface area contributed by atoms with Crippen molar-refractivity contribution in [3.63, 3.8) is 0 Å². The lowest BCUT2D eigenvalue weighted by Crippen LogP contribution is -2.07. The summed E-state index contributed by atoms with van der Waals surface area (Å²) in [4.78, 5) is 12.8. The predicted molar refractivity (Wildman–Crippen MR) is 76.5 cm³/mol. The molecule has 1 aromatic carbocycles.